The van der Waals surface area contributed by atoms with Crippen LogP contribution in [0.1, 0.15) is 47.2 Å². The fourth-order valence-corrected chi connectivity index (χ4v) is 4.79. The van der Waals surface area contributed by atoms with Gasteiger partial charge in [0.05, 0.1) is 12.2 Å². The molecule has 160 valence electrons. The Morgan fingerprint density at radius 3 is 2.53 bits per heavy atom. The van der Waals surface area contributed by atoms with Gasteiger partial charge in [-0.3, -0.25) is 24.6 Å². The van der Waals surface area contributed by atoms with E-state index in [1.54, 1.807) is 4.90 Å². The molecule has 30 heavy (non-hydrogen) atoms. The van der Waals surface area contributed by atoms with E-state index < -0.39 is 6.04 Å². The SMILES string of the molecule is O=C1CCC(N2Cc3ccc(CN4CCC(OC5CNC5)CC4)cc3C2=O)C(=O)N1. The molecule has 0 aliphatic carbocycles. The highest BCUT2D eigenvalue weighted by Crippen LogP contribution is 2.29. The number of carbonyl (C=O) groups excluding carboxylic acids is 3. The van der Waals surface area contributed by atoms with Gasteiger partial charge < -0.3 is 15.0 Å². The largest absolute Gasteiger partial charge is 0.372 e. The molecular formula is C22H28N4O4. The lowest BCUT2D eigenvalue weighted by Crippen LogP contribution is -2.52. The van der Waals surface area contributed by atoms with E-state index in [0.717, 1.165) is 56.7 Å². The van der Waals surface area contributed by atoms with Crippen LogP contribution in [0.25, 0.3) is 0 Å². The number of hydrogen-bond acceptors (Lipinski definition) is 6. The van der Waals surface area contributed by atoms with Crippen molar-refractivity contribution in [1.82, 2.24) is 20.4 Å². The number of benzene rings is 1. The van der Waals surface area contributed by atoms with Gasteiger partial charge in [0.1, 0.15) is 6.04 Å². The van der Waals surface area contributed by atoms with Crippen molar-refractivity contribution in [2.24, 2.45) is 0 Å². The van der Waals surface area contributed by atoms with Crippen molar-refractivity contribution in [2.75, 3.05) is 26.2 Å². The van der Waals surface area contributed by atoms with E-state index in [4.69, 9.17) is 4.74 Å². The lowest BCUT2D eigenvalue weighted by Gasteiger charge is -2.36. The lowest BCUT2D eigenvalue weighted by molar-refractivity contribution is -0.136. The number of carbonyl (C=O) groups is 3. The van der Waals surface area contributed by atoms with E-state index in [-0.39, 0.29) is 24.1 Å². The molecule has 0 saturated carbocycles. The van der Waals surface area contributed by atoms with Crippen LogP contribution in [0.3, 0.4) is 0 Å². The predicted octanol–water partition coefficient (Wildman–Crippen LogP) is 0.400. The maximum Gasteiger partial charge on any atom is 0.255 e. The van der Waals surface area contributed by atoms with Gasteiger partial charge in [0.25, 0.3) is 5.91 Å². The molecule has 1 aromatic rings. The van der Waals surface area contributed by atoms with Crippen molar-refractivity contribution in [3.05, 3.63) is 34.9 Å². The quantitative estimate of drug-likeness (QED) is 0.681. The zero-order valence-corrected chi connectivity index (χ0v) is 17.1. The fraction of sp³-hybridized carbons (Fsp3) is 0.591. The predicted molar refractivity (Wildman–Crippen MR) is 109 cm³/mol. The summed E-state index contributed by atoms with van der Waals surface area (Å²) >= 11 is 0. The molecule has 2 N–H and O–H groups in total. The van der Waals surface area contributed by atoms with Gasteiger partial charge in [-0.1, -0.05) is 12.1 Å². The molecule has 3 amide bonds. The van der Waals surface area contributed by atoms with E-state index in [0.29, 0.717) is 30.7 Å². The van der Waals surface area contributed by atoms with E-state index >= 15 is 0 Å². The van der Waals surface area contributed by atoms with Crippen molar-refractivity contribution in [1.29, 1.82) is 0 Å². The standard InChI is InChI=1S/C22H28N4O4/c27-20-4-3-19(21(28)24-20)26-13-15-2-1-14(9-18(15)22(26)29)12-25-7-5-16(6-8-25)30-17-10-23-11-17/h1-2,9,16-17,19,23H,3-8,10-13H2,(H,24,27,28). The Labute approximate surface area is 175 Å². The fourth-order valence-electron chi connectivity index (χ4n) is 4.79. The zero-order valence-electron chi connectivity index (χ0n) is 17.1. The van der Waals surface area contributed by atoms with Gasteiger partial charge in [-0.25, -0.2) is 0 Å². The van der Waals surface area contributed by atoms with Gasteiger partial charge in [-0.05, 0) is 36.5 Å². The van der Waals surface area contributed by atoms with Crippen LogP contribution in [-0.4, -0.2) is 72.0 Å². The second kappa shape index (κ2) is 8.09. The average molecular weight is 412 g/mol. The molecule has 8 nitrogen and oxygen atoms in total. The Morgan fingerprint density at radius 2 is 1.83 bits per heavy atom. The molecule has 0 aromatic heterocycles. The van der Waals surface area contributed by atoms with E-state index in [1.807, 2.05) is 12.1 Å². The first-order valence-corrected chi connectivity index (χ1v) is 10.9. The van der Waals surface area contributed by atoms with Crippen molar-refractivity contribution in [2.45, 2.75) is 57.0 Å². The summed E-state index contributed by atoms with van der Waals surface area (Å²) in [4.78, 5) is 40.6. The van der Waals surface area contributed by atoms with Gasteiger partial charge in [0.2, 0.25) is 11.8 Å². The summed E-state index contributed by atoms with van der Waals surface area (Å²) in [7, 11) is 0. The molecule has 1 aromatic carbocycles. The van der Waals surface area contributed by atoms with Crippen molar-refractivity contribution < 1.29 is 19.1 Å². The molecule has 5 rings (SSSR count). The summed E-state index contributed by atoms with van der Waals surface area (Å²) in [6.07, 6.45) is 3.51. The third kappa shape index (κ3) is 3.87. The van der Waals surface area contributed by atoms with E-state index in [2.05, 4.69) is 21.6 Å². The molecule has 0 bridgehead atoms. The maximum absolute atomic E-state index is 13.0. The average Bonchev–Trinajstić information content (AvgIpc) is 3.02. The molecule has 4 aliphatic heterocycles. The Hall–Kier alpha value is -2.29. The maximum atomic E-state index is 13.0. The van der Waals surface area contributed by atoms with E-state index in [9.17, 15) is 14.4 Å². The molecule has 0 spiro atoms. The molecule has 1 unspecified atom stereocenters. The molecular weight excluding hydrogens is 384 g/mol. The number of nitrogens with zero attached hydrogens (tertiary/aromatic N) is 2. The molecule has 8 heteroatoms. The third-order valence-corrected chi connectivity index (χ3v) is 6.66. The second-order valence-corrected chi connectivity index (χ2v) is 8.78. The lowest BCUT2D eigenvalue weighted by atomic mass is 10.0. The summed E-state index contributed by atoms with van der Waals surface area (Å²) in [5.41, 5.74) is 2.76. The molecule has 3 fully saturated rings. The van der Waals surface area contributed by atoms with Crippen LogP contribution in [0.5, 0.6) is 0 Å². The van der Waals surface area contributed by atoms with Crippen molar-refractivity contribution in [3.8, 4) is 0 Å². The molecule has 4 aliphatic rings. The van der Waals surface area contributed by atoms with Crippen LogP contribution < -0.4 is 10.6 Å². The van der Waals surface area contributed by atoms with Gasteiger partial charge >= 0.3 is 0 Å². The minimum atomic E-state index is -0.559. The van der Waals surface area contributed by atoms with Gasteiger partial charge in [0, 0.05) is 51.3 Å². The topological polar surface area (TPSA) is 91.0 Å². The van der Waals surface area contributed by atoms with Crippen LogP contribution in [0.4, 0.5) is 0 Å². The normalized spacial score (nSPS) is 25.9. The minimum absolute atomic E-state index is 0.109. The number of rotatable bonds is 5. The first kappa shape index (κ1) is 19.7. The zero-order chi connectivity index (χ0) is 20.7. The smallest absolute Gasteiger partial charge is 0.255 e. The summed E-state index contributed by atoms with van der Waals surface area (Å²) in [6, 6.07) is 5.51. The Balaban J connectivity index is 1.19. The van der Waals surface area contributed by atoms with Crippen LogP contribution >= 0.6 is 0 Å². The number of likely N-dealkylation sites (tertiary alicyclic amines) is 1. The summed E-state index contributed by atoms with van der Waals surface area (Å²) < 4.78 is 6.09. The molecule has 4 heterocycles. The first-order chi connectivity index (χ1) is 14.6. The Bertz CT molecular complexity index is 861. The van der Waals surface area contributed by atoms with Gasteiger partial charge in [0.15, 0.2) is 0 Å². The number of amides is 3. The third-order valence-electron chi connectivity index (χ3n) is 6.66. The number of imide groups is 1. The summed E-state index contributed by atoms with van der Waals surface area (Å²) in [5, 5.41) is 5.59. The number of ether oxygens (including phenoxy) is 1. The highest BCUT2D eigenvalue weighted by atomic mass is 16.5. The molecule has 0 radical (unpaired) electrons. The van der Waals surface area contributed by atoms with Gasteiger partial charge in [-0.2, -0.15) is 0 Å². The summed E-state index contributed by atoms with van der Waals surface area (Å²) in [5.74, 6) is -0.737. The second-order valence-electron chi connectivity index (χ2n) is 8.78. The molecule has 3 saturated heterocycles. The van der Waals surface area contributed by atoms with Crippen molar-refractivity contribution >= 4 is 17.7 Å². The monoisotopic (exact) mass is 412 g/mol. The number of fused-ring (bicyclic) bond motifs is 1. The number of nitrogens with one attached hydrogen (secondary N) is 2. The first-order valence-electron chi connectivity index (χ1n) is 10.9. The Kier molecular flexibility index (Phi) is 5.30. The highest BCUT2D eigenvalue weighted by molar-refractivity contribution is 6.05. The number of piperidine rings is 2. The van der Waals surface area contributed by atoms with Gasteiger partial charge in [-0.15, -0.1) is 0 Å². The van der Waals surface area contributed by atoms with Crippen LogP contribution in [0, 0.1) is 0 Å². The minimum Gasteiger partial charge on any atom is -0.372 e. The van der Waals surface area contributed by atoms with Crippen LogP contribution in [0.15, 0.2) is 18.2 Å². The summed E-state index contributed by atoms with van der Waals surface area (Å²) in [6.45, 7) is 5.19. The Morgan fingerprint density at radius 1 is 1.03 bits per heavy atom. The number of hydrogen-bond donors (Lipinski definition) is 2. The highest BCUT2D eigenvalue weighted by Gasteiger charge is 2.39. The molecule has 1 atom stereocenters. The van der Waals surface area contributed by atoms with Crippen LogP contribution in [0.2, 0.25) is 0 Å². The van der Waals surface area contributed by atoms with Crippen LogP contribution in [-0.2, 0) is 27.4 Å². The van der Waals surface area contributed by atoms with Crippen molar-refractivity contribution in [3.63, 3.8) is 0 Å². The van der Waals surface area contributed by atoms with E-state index in [1.165, 1.54) is 0 Å².